The van der Waals surface area contributed by atoms with Gasteiger partial charge in [0.2, 0.25) is 0 Å². The lowest BCUT2D eigenvalue weighted by Crippen LogP contribution is -2.37. The number of hydrogen-bond donors (Lipinski definition) is 1. The van der Waals surface area contributed by atoms with E-state index in [9.17, 15) is 0 Å². The maximum atomic E-state index is 5.61. The second kappa shape index (κ2) is 8.21. The molecule has 3 nitrogen and oxygen atoms in total. The Balaban J connectivity index is 3.61. The molecule has 0 radical (unpaired) electrons. The Labute approximate surface area is 88.6 Å². The van der Waals surface area contributed by atoms with Crippen molar-refractivity contribution < 1.29 is 4.74 Å². The summed E-state index contributed by atoms with van der Waals surface area (Å²) in [4.78, 5) is 2.30. The molecule has 0 aromatic carbocycles. The first-order valence-electron chi connectivity index (χ1n) is 5.60. The normalized spacial score (nSPS) is 13.9. The van der Waals surface area contributed by atoms with Crippen LogP contribution in [0.25, 0.3) is 0 Å². The quantitative estimate of drug-likeness (QED) is 0.645. The Morgan fingerprint density at radius 3 is 2.43 bits per heavy atom. The molecule has 86 valence electrons. The zero-order valence-corrected chi connectivity index (χ0v) is 10.1. The molecule has 0 aromatic heterocycles. The van der Waals surface area contributed by atoms with Gasteiger partial charge in [0.15, 0.2) is 0 Å². The van der Waals surface area contributed by atoms with Crippen LogP contribution >= 0.6 is 0 Å². The van der Waals surface area contributed by atoms with E-state index in [4.69, 9.17) is 10.5 Å². The Morgan fingerprint density at radius 2 is 2.00 bits per heavy atom. The van der Waals surface area contributed by atoms with E-state index < -0.39 is 0 Å². The lowest BCUT2D eigenvalue weighted by Gasteiger charge is -2.23. The number of nitrogens with two attached hydrogens (primary N) is 1. The van der Waals surface area contributed by atoms with E-state index in [-0.39, 0.29) is 6.10 Å². The van der Waals surface area contributed by atoms with Crippen LogP contribution in [-0.2, 0) is 4.74 Å². The van der Waals surface area contributed by atoms with Crippen molar-refractivity contribution in [2.75, 3.05) is 33.3 Å². The van der Waals surface area contributed by atoms with Gasteiger partial charge in [-0.25, -0.2) is 0 Å². The summed E-state index contributed by atoms with van der Waals surface area (Å²) in [5.41, 5.74) is 5.61. The molecule has 2 N–H and O–H groups in total. The molecule has 0 aliphatic rings. The van der Waals surface area contributed by atoms with E-state index in [0.717, 1.165) is 25.6 Å². The van der Waals surface area contributed by atoms with E-state index >= 15 is 0 Å². The number of ether oxygens (including phenoxy) is 1. The minimum absolute atomic E-state index is 0.192. The number of hydrogen-bond acceptors (Lipinski definition) is 3. The Kier molecular flexibility index (Phi) is 8.14. The molecule has 0 amide bonds. The predicted octanol–water partition coefficient (Wildman–Crippen LogP) is 1.33. The van der Waals surface area contributed by atoms with Crippen molar-refractivity contribution in [2.24, 2.45) is 11.7 Å². The molecule has 0 aliphatic carbocycles. The lowest BCUT2D eigenvalue weighted by molar-refractivity contribution is 0.0444. The molecule has 0 saturated heterocycles. The molecular formula is C11H26N2O. The summed E-state index contributed by atoms with van der Waals surface area (Å²) in [6.07, 6.45) is 1.43. The first-order chi connectivity index (χ1) is 6.60. The summed E-state index contributed by atoms with van der Waals surface area (Å²) in [5.74, 6) is 0.765. The van der Waals surface area contributed by atoms with Crippen molar-refractivity contribution in [3.8, 4) is 0 Å². The topological polar surface area (TPSA) is 38.5 Å². The van der Waals surface area contributed by atoms with Gasteiger partial charge in [0.25, 0.3) is 0 Å². The van der Waals surface area contributed by atoms with Crippen LogP contribution in [-0.4, -0.2) is 44.3 Å². The van der Waals surface area contributed by atoms with E-state index in [1.807, 2.05) is 6.92 Å². The van der Waals surface area contributed by atoms with Gasteiger partial charge >= 0.3 is 0 Å². The van der Waals surface area contributed by atoms with Crippen LogP contribution in [0.2, 0.25) is 0 Å². The van der Waals surface area contributed by atoms with Crippen molar-refractivity contribution in [3.63, 3.8) is 0 Å². The van der Waals surface area contributed by atoms with Crippen LogP contribution in [0.1, 0.15) is 27.2 Å². The Bertz CT molecular complexity index is 128. The zero-order valence-electron chi connectivity index (χ0n) is 10.1. The van der Waals surface area contributed by atoms with E-state index in [1.54, 1.807) is 0 Å². The summed E-state index contributed by atoms with van der Waals surface area (Å²) < 4.78 is 5.50. The van der Waals surface area contributed by atoms with Crippen molar-refractivity contribution >= 4 is 0 Å². The number of nitrogens with zero attached hydrogens (tertiary/aromatic N) is 1. The fourth-order valence-electron chi connectivity index (χ4n) is 1.35. The van der Waals surface area contributed by atoms with Gasteiger partial charge in [-0.05, 0) is 32.9 Å². The van der Waals surface area contributed by atoms with Gasteiger partial charge in [-0.2, -0.15) is 0 Å². The average molecular weight is 202 g/mol. The average Bonchev–Trinajstić information content (AvgIpc) is 2.14. The lowest BCUT2D eigenvalue weighted by atomic mass is 10.1. The molecule has 0 rings (SSSR count). The van der Waals surface area contributed by atoms with Crippen LogP contribution < -0.4 is 5.73 Å². The highest BCUT2D eigenvalue weighted by molar-refractivity contribution is 4.64. The molecule has 0 bridgehead atoms. The Hall–Kier alpha value is -0.120. The summed E-state index contributed by atoms with van der Waals surface area (Å²) in [5, 5.41) is 0. The van der Waals surface area contributed by atoms with Crippen LogP contribution in [0.4, 0.5) is 0 Å². The summed E-state index contributed by atoms with van der Waals surface area (Å²) in [6.45, 7) is 9.93. The standard InChI is InChI=1S/C11H26N2O/c1-5-14-11(8-12)9-13(4)7-6-10(2)3/h10-11H,5-9,12H2,1-4H3. The third-order valence-electron chi connectivity index (χ3n) is 2.27. The van der Waals surface area contributed by atoms with Crippen molar-refractivity contribution in [1.82, 2.24) is 4.90 Å². The zero-order chi connectivity index (χ0) is 11.0. The van der Waals surface area contributed by atoms with Gasteiger partial charge in [-0.15, -0.1) is 0 Å². The summed E-state index contributed by atoms with van der Waals surface area (Å²) in [6, 6.07) is 0. The molecule has 1 atom stereocenters. The molecule has 1 unspecified atom stereocenters. The predicted molar refractivity (Wildman–Crippen MR) is 61.4 cm³/mol. The molecule has 0 spiro atoms. The molecule has 0 aliphatic heterocycles. The molecule has 14 heavy (non-hydrogen) atoms. The first kappa shape index (κ1) is 13.9. The first-order valence-corrected chi connectivity index (χ1v) is 5.60. The highest BCUT2D eigenvalue weighted by atomic mass is 16.5. The van der Waals surface area contributed by atoms with E-state index in [0.29, 0.717) is 6.54 Å². The third kappa shape index (κ3) is 7.30. The molecule has 0 fully saturated rings. The smallest absolute Gasteiger partial charge is 0.0823 e. The number of likely N-dealkylation sites (N-methyl/N-ethyl adjacent to an activating group) is 1. The molecule has 0 saturated carbocycles. The molecule has 0 aromatic rings. The van der Waals surface area contributed by atoms with Crippen LogP contribution in [0.15, 0.2) is 0 Å². The molecular weight excluding hydrogens is 176 g/mol. The number of rotatable bonds is 8. The highest BCUT2D eigenvalue weighted by Gasteiger charge is 2.09. The Morgan fingerprint density at radius 1 is 1.36 bits per heavy atom. The van der Waals surface area contributed by atoms with E-state index in [2.05, 4.69) is 25.8 Å². The van der Waals surface area contributed by atoms with Gasteiger partial charge < -0.3 is 15.4 Å². The molecule has 3 heteroatoms. The van der Waals surface area contributed by atoms with Gasteiger partial charge in [0, 0.05) is 19.7 Å². The van der Waals surface area contributed by atoms with Crippen molar-refractivity contribution in [2.45, 2.75) is 33.3 Å². The van der Waals surface area contributed by atoms with Gasteiger partial charge in [0.05, 0.1) is 6.10 Å². The van der Waals surface area contributed by atoms with Gasteiger partial charge in [-0.1, -0.05) is 13.8 Å². The molecule has 0 heterocycles. The minimum Gasteiger partial charge on any atom is -0.376 e. The van der Waals surface area contributed by atoms with Crippen LogP contribution in [0.5, 0.6) is 0 Å². The fraction of sp³-hybridized carbons (Fsp3) is 1.00. The second-order valence-corrected chi connectivity index (χ2v) is 4.26. The van der Waals surface area contributed by atoms with Crippen LogP contribution in [0.3, 0.4) is 0 Å². The third-order valence-corrected chi connectivity index (χ3v) is 2.27. The monoisotopic (exact) mass is 202 g/mol. The summed E-state index contributed by atoms with van der Waals surface area (Å²) in [7, 11) is 2.13. The highest BCUT2D eigenvalue weighted by Crippen LogP contribution is 2.02. The SMILES string of the molecule is CCOC(CN)CN(C)CCC(C)C. The van der Waals surface area contributed by atoms with Crippen molar-refractivity contribution in [1.29, 1.82) is 0 Å². The maximum Gasteiger partial charge on any atom is 0.0823 e. The van der Waals surface area contributed by atoms with Gasteiger partial charge in [-0.3, -0.25) is 0 Å². The summed E-state index contributed by atoms with van der Waals surface area (Å²) >= 11 is 0. The van der Waals surface area contributed by atoms with Crippen LogP contribution in [0, 0.1) is 5.92 Å². The largest absolute Gasteiger partial charge is 0.376 e. The van der Waals surface area contributed by atoms with Gasteiger partial charge in [0.1, 0.15) is 0 Å². The minimum atomic E-state index is 0.192. The second-order valence-electron chi connectivity index (χ2n) is 4.26. The van der Waals surface area contributed by atoms with Crippen molar-refractivity contribution in [3.05, 3.63) is 0 Å². The maximum absolute atomic E-state index is 5.61. The fourth-order valence-corrected chi connectivity index (χ4v) is 1.35. The van der Waals surface area contributed by atoms with E-state index in [1.165, 1.54) is 6.42 Å².